The van der Waals surface area contributed by atoms with Crippen LogP contribution < -0.4 is 5.32 Å². The molecule has 3 N–H and O–H groups in total. The van der Waals surface area contributed by atoms with Crippen molar-refractivity contribution in [2.45, 2.75) is 0 Å². The molecular formula is C17H13N5OS. The molecule has 118 valence electrons. The van der Waals surface area contributed by atoms with Gasteiger partial charge in [-0.2, -0.15) is 10.2 Å². The third-order valence-corrected chi connectivity index (χ3v) is 4.43. The average Bonchev–Trinajstić information content (AvgIpc) is 3.36. The molecule has 24 heavy (non-hydrogen) atoms. The van der Waals surface area contributed by atoms with Crippen molar-refractivity contribution in [2.75, 3.05) is 5.32 Å². The number of amides is 1. The van der Waals surface area contributed by atoms with Crippen molar-refractivity contribution < 1.29 is 4.79 Å². The third kappa shape index (κ3) is 2.84. The van der Waals surface area contributed by atoms with E-state index in [1.807, 2.05) is 47.8 Å². The van der Waals surface area contributed by atoms with Gasteiger partial charge in [0.15, 0.2) is 5.69 Å². The van der Waals surface area contributed by atoms with Gasteiger partial charge in [-0.1, -0.05) is 18.2 Å². The van der Waals surface area contributed by atoms with E-state index in [1.54, 1.807) is 23.6 Å². The first-order chi connectivity index (χ1) is 11.8. The van der Waals surface area contributed by atoms with E-state index in [9.17, 15) is 4.79 Å². The number of aromatic nitrogens is 4. The van der Waals surface area contributed by atoms with Crippen LogP contribution in [0, 0.1) is 0 Å². The zero-order valence-electron chi connectivity index (χ0n) is 12.5. The molecule has 3 heterocycles. The molecule has 6 nitrogen and oxygen atoms in total. The molecule has 0 spiro atoms. The van der Waals surface area contributed by atoms with E-state index in [-0.39, 0.29) is 5.91 Å². The fraction of sp³-hybridized carbons (Fsp3) is 0. The molecule has 0 unspecified atom stereocenters. The van der Waals surface area contributed by atoms with E-state index < -0.39 is 0 Å². The van der Waals surface area contributed by atoms with E-state index in [2.05, 4.69) is 25.7 Å². The Morgan fingerprint density at radius 3 is 2.79 bits per heavy atom. The minimum Gasteiger partial charge on any atom is -0.321 e. The van der Waals surface area contributed by atoms with Gasteiger partial charge in [0, 0.05) is 17.4 Å². The first-order valence-electron chi connectivity index (χ1n) is 7.30. The second kappa shape index (κ2) is 6.13. The quantitative estimate of drug-likeness (QED) is 0.530. The van der Waals surface area contributed by atoms with Crippen molar-refractivity contribution in [3.63, 3.8) is 0 Å². The first-order valence-corrected chi connectivity index (χ1v) is 8.18. The molecule has 1 amide bonds. The fourth-order valence-electron chi connectivity index (χ4n) is 2.37. The molecule has 0 fully saturated rings. The number of carbonyl (C=O) groups is 1. The number of carbonyl (C=O) groups excluding carboxylic acids is 1. The molecule has 3 aromatic heterocycles. The highest BCUT2D eigenvalue weighted by atomic mass is 32.1. The van der Waals surface area contributed by atoms with Gasteiger partial charge < -0.3 is 5.32 Å². The zero-order valence-corrected chi connectivity index (χ0v) is 13.3. The smallest absolute Gasteiger partial charge is 0.276 e. The predicted molar refractivity (Wildman–Crippen MR) is 93.9 cm³/mol. The summed E-state index contributed by atoms with van der Waals surface area (Å²) in [6, 6.07) is 15.1. The van der Waals surface area contributed by atoms with Crippen LogP contribution in [0.5, 0.6) is 0 Å². The van der Waals surface area contributed by atoms with Crippen LogP contribution in [0.2, 0.25) is 0 Å². The minimum atomic E-state index is -0.254. The van der Waals surface area contributed by atoms with Gasteiger partial charge in [0.25, 0.3) is 5.91 Å². The van der Waals surface area contributed by atoms with Crippen LogP contribution in [-0.2, 0) is 0 Å². The van der Waals surface area contributed by atoms with Crippen LogP contribution in [0.15, 0.2) is 60.1 Å². The van der Waals surface area contributed by atoms with Crippen molar-refractivity contribution in [1.29, 1.82) is 0 Å². The maximum Gasteiger partial charge on any atom is 0.276 e. The minimum absolute atomic E-state index is 0.254. The summed E-state index contributed by atoms with van der Waals surface area (Å²) in [5.41, 5.74) is 3.73. The Hall–Kier alpha value is -3.19. The normalized spacial score (nSPS) is 10.7. The van der Waals surface area contributed by atoms with E-state index in [0.717, 1.165) is 21.8 Å². The maximum absolute atomic E-state index is 12.4. The van der Waals surface area contributed by atoms with Gasteiger partial charge >= 0.3 is 0 Å². The number of aromatic amines is 2. The van der Waals surface area contributed by atoms with Crippen molar-refractivity contribution in [2.24, 2.45) is 0 Å². The highest BCUT2D eigenvalue weighted by Gasteiger charge is 2.12. The van der Waals surface area contributed by atoms with Crippen molar-refractivity contribution in [3.05, 3.63) is 65.8 Å². The van der Waals surface area contributed by atoms with Crippen LogP contribution in [-0.4, -0.2) is 26.3 Å². The lowest BCUT2D eigenvalue weighted by Gasteiger charge is -2.05. The van der Waals surface area contributed by atoms with Crippen molar-refractivity contribution >= 4 is 22.9 Å². The Bertz CT molecular complexity index is 957. The van der Waals surface area contributed by atoms with Crippen LogP contribution in [0.3, 0.4) is 0 Å². The highest BCUT2D eigenvalue weighted by Crippen LogP contribution is 2.24. The monoisotopic (exact) mass is 335 g/mol. The number of thiophene rings is 1. The Labute approximate surface area is 141 Å². The van der Waals surface area contributed by atoms with Gasteiger partial charge in [-0.15, -0.1) is 11.3 Å². The lowest BCUT2D eigenvalue weighted by atomic mass is 10.1. The molecule has 0 saturated carbocycles. The van der Waals surface area contributed by atoms with Gasteiger partial charge in [0.2, 0.25) is 0 Å². The Kier molecular flexibility index (Phi) is 3.68. The van der Waals surface area contributed by atoms with Gasteiger partial charge in [-0.25, -0.2) is 0 Å². The summed E-state index contributed by atoms with van der Waals surface area (Å²) in [7, 11) is 0. The number of rotatable bonds is 4. The molecule has 0 bridgehead atoms. The molecule has 0 aliphatic heterocycles. The number of benzene rings is 1. The van der Waals surface area contributed by atoms with Crippen LogP contribution >= 0.6 is 11.3 Å². The van der Waals surface area contributed by atoms with Gasteiger partial charge in [0.05, 0.1) is 16.3 Å². The molecule has 1 aromatic carbocycles. The number of nitrogens with zero attached hydrogens (tertiary/aromatic N) is 2. The van der Waals surface area contributed by atoms with Gasteiger partial charge in [-0.3, -0.25) is 15.0 Å². The molecule has 0 aliphatic rings. The second-order valence-corrected chi connectivity index (χ2v) is 6.10. The van der Waals surface area contributed by atoms with E-state index in [1.165, 1.54) is 0 Å². The molecule has 0 saturated heterocycles. The van der Waals surface area contributed by atoms with E-state index in [0.29, 0.717) is 11.4 Å². The lowest BCUT2D eigenvalue weighted by Crippen LogP contribution is -2.12. The largest absolute Gasteiger partial charge is 0.321 e. The van der Waals surface area contributed by atoms with Crippen LogP contribution in [0.25, 0.3) is 21.8 Å². The Morgan fingerprint density at radius 2 is 2.00 bits per heavy atom. The lowest BCUT2D eigenvalue weighted by molar-refractivity contribution is 0.102. The zero-order chi connectivity index (χ0) is 16.4. The topological polar surface area (TPSA) is 86.5 Å². The standard InChI is InChI=1S/C17H13N5OS/c23-17(15-10-14(21-22-15)16-5-2-8-24-16)19-12-4-1-3-11(9-12)13-6-7-18-20-13/h1-10H,(H,18,20)(H,19,23)(H,21,22). The van der Waals surface area contributed by atoms with Crippen molar-refractivity contribution in [3.8, 4) is 21.8 Å². The molecule has 4 rings (SSSR count). The SMILES string of the molecule is O=C(Nc1cccc(-c2ccn[nH]2)c1)c1cc(-c2cccs2)[nH]n1. The van der Waals surface area contributed by atoms with Crippen LogP contribution in [0.4, 0.5) is 5.69 Å². The fourth-order valence-corrected chi connectivity index (χ4v) is 3.06. The summed E-state index contributed by atoms with van der Waals surface area (Å²) in [4.78, 5) is 13.4. The number of hydrogen-bond acceptors (Lipinski definition) is 4. The van der Waals surface area contributed by atoms with Crippen molar-refractivity contribution in [1.82, 2.24) is 20.4 Å². The molecule has 0 aliphatic carbocycles. The third-order valence-electron chi connectivity index (χ3n) is 3.53. The van der Waals surface area contributed by atoms with E-state index >= 15 is 0 Å². The molecular weight excluding hydrogens is 322 g/mol. The number of hydrogen-bond donors (Lipinski definition) is 3. The van der Waals surface area contributed by atoms with Gasteiger partial charge in [-0.05, 0) is 35.7 Å². The maximum atomic E-state index is 12.4. The second-order valence-electron chi connectivity index (χ2n) is 5.15. The van der Waals surface area contributed by atoms with Gasteiger partial charge in [0.1, 0.15) is 0 Å². The predicted octanol–water partition coefficient (Wildman–Crippen LogP) is 3.78. The summed E-state index contributed by atoms with van der Waals surface area (Å²) in [5, 5.41) is 18.7. The molecule has 4 aromatic rings. The Balaban J connectivity index is 1.53. The first kappa shape index (κ1) is 14.4. The number of nitrogens with one attached hydrogen (secondary N) is 3. The number of anilines is 1. The Morgan fingerprint density at radius 1 is 1.04 bits per heavy atom. The molecule has 0 atom stereocenters. The van der Waals surface area contributed by atoms with Crippen LogP contribution in [0.1, 0.15) is 10.5 Å². The average molecular weight is 335 g/mol. The number of H-pyrrole nitrogens is 2. The summed E-state index contributed by atoms with van der Waals surface area (Å²) in [6.07, 6.45) is 1.69. The summed E-state index contributed by atoms with van der Waals surface area (Å²) >= 11 is 1.59. The summed E-state index contributed by atoms with van der Waals surface area (Å²) in [6.45, 7) is 0. The summed E-state index contributed by atoms with van der Waals surface area (Å²) in [5.74, 6) is -0.254. The molecule has 7 heteroatoms. The summed E-state index contributed by atoms with van der Waals surface area (Å²) < 4.78 is 0. The highest BCUT2D eigenvalue weighted by molar-refractivity contribution is 7.13. The van der Waals surface area contributed by atoms with E-state index in [4.69, 9.17) is 0 Å². The molecule has 0 radical (unpaired) electrons.